The summed E-state index contributed by atoms with van der Waals surface area (Å²) in [7, 11) is 0. The van der Waals surface area contributed by atoms with E-state index in [1.54, 1.807) is 12.1 Å². The van der Waals surface area contributed by atoms with E-state index < -0.39 is 5.91 Å². The van der Waals surface area contributed by atoms with Crippen molar-refractivity contribution in [3.05, 3.63) is 99.3 Å². The number of benzene rings is 2. The number of nitriles is 1. The van der Waals surface area contributed by atoms with Crippen molar-refractivity contribution in [2.45, 2.75) is 18.9 Å². The average molecular weight is 566 g/mol. The van der Waals surface area contributed by atoms with E-state index in [0.29, 0.717) is 18.1 Å². The van der Waals surface area contributed by atoms with E-state index in [-0.39, 0.29) is 22.5 Å². The van der Waals surface area contributed by atoms with E-state index in [0.717, 1.165) is 56.1 Å². The second kappa shape index (κ2) is 14.7. The molecule has 1 atom stereocenters. The van der Waals surface area contributed by atoms with Crippen LogP contribution < -0.4 is 10.1 Å². The maximum Gasteiger partial charge on any atom is 0.262 e. The van der Waals surface area contributed by atoms with Crippen molar-refractivity contribution in [2.24, 2.45) is 0 Å². The van der Waals surface area contributed by atoms with Crippen LogP contribution >= 0.6 is 23.2 Å². The highest BCUT2D eigenvalue weighted by molar-refractivity contribution is 6.33. The van der Waals surface area contributed by atoms with Crippen LogP contribution in [0, 0.1) is 11.3 Å². The summed E-state index contributed by atoms with van der Waals surface area (Å²) in [5.74, 6) is 0.249. The number of ether oxygens (including phenoxy) is 2. The van der Waals surface area contributed by atoms with Crippen molar-refractivity contribution in [1.29, 1.82) is 5.26 Å². The Kier molecular flexibility index (Phi) is 10.8. The van der Waals surface area contributed by atoms with E-state index in [1.807, 2.05) is 48.5 Å². The number of nitrogens with one attached hydrogen (secondary N) is 1. The topological polar surface area (TPSA) is 87.5 Å². The first-order valence-corrected chi connectivity index (χ1v) is 13.6. The molecule has 1 aliphatic heterocycles. The van der Waals surface area contributed by atoms with Gasteiger partial charge in [0, 0.05) is 19.6 Å². The van der Waals surface area contributed by atoms with Crippen LogP contribution in [0.2, 0.25) is 10.2 Å². The van der Waals surface area contributed by atoms with Crippen molar-refractivity contribution >= 4 is 35.2 Å². The van der Waals surface area contributed by atoms with Gasteiger partial charge in [-0.25, -0.2) is 4.98 Å². The van der Waals surface area contributed by atoms with Gasteiger partial charge in [-0.2, -0.15) is 5.26 Å². The van der Waals surface area contributed by atoms with Gasteiger partial charge in [-0.3, -0.25) is 9.69 Å². The van der Waals surface area contributed by atoms with Crippen molar-refractivity contribution in [3.8, 4) is 11.8 Å². The van der Waals surface area contributed by atoms with Crippen LogP contribution in [0.3, 0.4) is 0 Å². The van der Waals surface area contributed by atoms with Crippen LogP contribution in [-0.2, 0) is 16.0 Å². The number of rotatable bonds is 11. The molecular weight excluding hydrogens is 535 g/mol. The summed E-state index contributed by atoms with van der Waals surface area (Å²) < 4.78 is 11.3. The lowest BCUT2D eigenvalue weighted by Crippen LogP contribution is -2.38. The minimum atomic E-state index is -0.515. The third-order valence-corrected chi connectivity index (χ3v) is 6.95. The average Bonchev–Trinajstić information content (AvgIpc) is 2.97. The molecule has 1 saturated heterocycles. The van der Waals surface area contributed by atoms with Crippen LogP contribution in [0.25, 0.3) is 6.08 Å². The molecule has 1 amide bonds. The van der Waals surface area contributed by atoms with Gasteiger partial charge in [-0.05, 0) is 54.3 Å². The Bertz CT molecular complexity index is 1300. The molecule has 7 nitrogen and oxygen atoms in total. The number of hydrogen-bond acceptors (Lipinski definition) is 6. The van der Waals surface area contributed by atoms with Crippen LogP contribution in [0.4, 0.5) is 0 Å². The van der Waals surface area contributed by atoms with E-state index >= 15 is 0 Å². The number of carbonyl (C=O) groups is 1. The van der Waals surface area contributed by atoms with Crippen LogP contribution in [-0.4, -0.2) is 55.2 Å². The van der Waals surface area contributed by atoms with Crippen molar-refractivity contribution in [1.82, 2.24) is 15.2 Å². The summed E-state index contributed by atoms with van der Waals surface area (Å²) in [6, 6.07) is 22.5. The lowest BCUT2D eigenvalue weighted by atomic mass is 9.98. The predicted octanol–water partition coefficient (Wildman–Crippen LogP) is 5.50. The zero-order valence-electron chi connectivity index (χ0n) is 21.5. The van der Waals surface area contributed by atoms with E-state index in [9.17, 15) is 10.1 Å². The van der Waals surface area contributed by atoms with Crippen molar-refractivity contribution in [3.63, 3.8) is 0 Å². The smallest absolute Gasteiger partial charge is 0.262 e. The van der Waals surface area contributed by atoms with Gasteiger partial charge in [0.1, 0.15) is 29.2 Å². The molecule has 0 radical (unpaired) electrons. The zero-order valence-corrected chi connectivity index (χ0v) is 23.0. The summed E-state index contributed by atoms with van der Waals surface area (Å²) in [5.41, 5.74) is 2.22. The molecule has 1 N–H and O–H groups in total. The molecule has 1 fully saturated rings. The first kappa shape index (κ1) is 28.6. The maximum absolute atomic E-state index is 13.2. The highest BCUT2D eigenvalue weighted by atomic mass is 35.5. The first-order chi connectivity index (χ1) is 19.0. The van der Waals surface area contributed by atoms with E-state index in [1.165, 1.54) is 6.08 Å². The van der Waals surface area contributed by atoms with Crippen molar-refractivity contribution < 1.29 is 14.3 Å². The summed E-state index contributed by atoms with van der Waals surface area (Å²) in [6.07, 6.45) is 2.74. The lowest BCUT2D eigenvalue weighted by molar-refractivity contribution is -0.117. The second-order valence-corrected chi connectivity index (χ2v) is 9.89. The SMILES string of the molecule is N#CC(=Cc1nc(Cl)ccc1Cl)C(=O)NC(CCc1ccccc1)c1ccc(OCCN2CCOCC2)cc1. The monoisotopic (exact) mass is 564 g/mol. The summed E-state index contributed by atoms with van der Waals surface area (Å²) >= 11 is 12.2. The number of pyridine rings is 1. The Labute approximate surface area is 239 Å². The highest BCUT2D eigenvalue weighted by Crippen LogP contribution is 2.24. The minimum absolute atomic E-state index is 0.112. The number of halogens is 2. The molecule has 1 aliphatic rings. The molecule has 1 unspecified atom stereocenters. The Morgan fingerprint density at radius 2 is 1.85 bits per heavy atom. The second-order valence-electron chi connectivity index (χ2n) is 9.09. The van der Waals surface area contributed by atoms with Crippen LogP contribution in [0.15, 0.2) is 72.3 Å². The molecule has 9 heteroatoms. The number of aromatic nitrogens is 1. The molecule has 4 rings (SSSR count). The lowest BCUT2D eigenvalue weighted by Gasteiger charge is -2.26. The van der Waals surface area contributed by atoms with Crippen LogP contribution in [0.1, 0.15) is 29.3 Å². The predicted molar refractivity (Wildman–Crippen MR) is 153 cm³/mol. The first-order valence-electron chi connectivity index (χ1n) is 12.8. The molecule has 2 aromatic carbocycles. The van der Waals surface area contributed by atoms with Crippen molar-refractivity contribution in [2.75, 3.05) is 39.5 Å². The van der Waals surface area contributed by atoms with Gasteiger partial charge in [0.25, 0.3) is 5.91 Å². The molecule has 202 valence electrons. The summed E-state index contributed by atoms with van der Waals surface area (Å²) in [5, 5.41) is 13.2. The van der Waals surface area contributed by atoms with Gasteiger partial charge in [-0.1, -0.05) is 65.7 Å². The molecule has 39 heavy (non-hydrogen) atoms. The zero-order chi connectivity index (χ0) is 27.5. The number of morpholine rings is 1. The molecule has 3 aromatic rings. The summed E-state index contributed by atoms with van der Waals surface area (Å²) in [6.45, 7) is 4.79. The van der Waals surface area contributed by atoms with Gasteiger partial charge in [0.05, 0.1) is 30.0 Å². The number of hydrogen-bond donors (Lipinski definition) is 1. The van der Waals surface area contributed by atoms with Gasteiger partial charge in [0.2, 0.25) is 0 Å². The Morgan fingerprint density at radius 1 is 1.10 bits per heavy atom. The van der Waals surface area contributed by atoms with Gasteiger partial charge < -0.3 is 14.8 Å². The Balaban J connectivity index is 1.46. The quantitative estimate of drug-likeness (QED) is 0.188. The fourth-order valence-corrected chi connectivity index (χ4v) is 4.56. The maximum atomic E-state index is 13.2. The number of carbonyl (C=O) groups excluding carboxylic acids is 1. The number of amides is 1. The number of aryl methyl sites for hydroxylation is 1. The normalized spacial score (nSPS) is 14.8. The van der Waals surface area contributed by atoms with Gasteiger partial charge in [-0.15, -0.1) is 0 Å². The van der Waals surface area contributed by atoms with Gasteiger partial charge in [0.15, 0.2) is 0 Å². The third kappa shape index (κ3) is 8.81. The fraction of sp³-hybridized carbons (Fsp3) is 0.300. The van der Waals surface area contributed by atoms with E-state index in [4.69, 9.17) is 32.7 Å². The van der Waals surface area contributed by atoms with Gasteiger partial charge >= 0.3 is 0 Å². The molecule has 0 saturated carbocycles. The molecular formula is C30H30Cl2N4O3. The Hall–Kier alpha value is -3.41. The number of nitrogens with zero attached hydrogens (tertiary/aromatic N) is 3. The molecule has 1 aromatic heterocycles. The fourth-order valence-electron chi connectivity index (χ4n) is 4.25. The molecule has 0 spiro atoms. The largest absolute Gasteiger partial charge is 0.492 e. The molecule has 0 bridgehead atoms. The molecule has 0 aliphatic carbocycles. The standard InChI is InChI=1S/C30H30Cl2N4O3/c31-26-11-13-29(32)34-28(26)20-24(21-33)30(37)35-27(12-6-22-4-2-1-3-5-22)23-7-9-25(10-8-23)39-19-16-36-14-17-38-18-15-36/h1-5,7-11,13,20,27H,6,12,14-19H2,(H,35,37). The molecule has 2 heterocycles. The highest BCUT2D eigenvalue weighted by Gasteiger charge is 2.19. The minimum Gasteiger partial charge on any atom is -0.492 e. The summed E-state index contributed by atoms with van der Waals surface area (Å²) in [4.78, 5) is 19.6. The van der Waals surface area contributed by atoms with Crippen LogP contribution in [0.5, 0.6) is 5.75 Å². The Morgan fingerprint density at radius 3 is 2.56 bits per heavy atom. The third-order valence-electron chi connectivity index (χ3n) is 6.42. The van der Waals surface area contributed by atoms with E-state index in [2.05, 4.69) is 27.3 Å².